The minimum atomic E-state index is -4.68. The minimum Gasteiger partial charge on any atom is -0.406 e. The zero-order valence-electron chi connectivity index (χ0n) is 11.2. The summed E-state index contributed by atoms with van der Waals surface area (Å²) in [4.78, 5) is 0. The van der Waals surface area contributed by atoms with Gasteiger partial charge in [-0.05, 0) is 35.6 Å². The molecule has 0 heterocycles. The van der Waals surface area contributed by atoms with Crippen molar-refractivity contribution in [2.75, 3.05) is 0 Å². The minimum absolute atomic E-state index is 0.167. The van der Waals surface area contributed by atoms with Gasteiger partial charge in [0.1, 0.15) is 5.75 Å². The van der Waals surface area contributed by atoms with E-state index in [0.29, 0.717) is 18.5 Å². The first kappa shape index (κ1) is 15.4. The van der Waals surface area contributed by atoms with Gasteiger partial charge in [0.2, 0.25) is 0 Å². The van der Waals surface area contributed by atoms with Crippen molar-refractivity contribution in [2.45, 2.75) is 19.3 Å². The zero-order valence-corrected chi connectivity index (χ0v) is 11.2. The predicted molar refractivity (Wildman–Crippen MR) is 74.6 cm³/mol. The van der Waals surface area contributed by atoms with E-state index in [0.717, 1.165) is 11.1 Å². The molecule has 0 bridgehead atoms. The Labute approximate surface area is 121 Å². The van der Waals surface area contributed by atoms with Crippen LogP contribution >= 0.6 is 0 Å². The van der Waals surface area contributed by atoms with Crippen LogP contribution in [0, 0.1) is 6.42 Å². The number of hydrogen-bond acceptors (Lipinski definition) is 2. The van der Waals surface area contributed by atoms with Gasteiger partial charge in [0, 0.05) is 6.54 Å². The van der Waals surface area contributed by atoms with Crippen LogP contribution in [-0.2, 0) is 13.0 Å². The Morgan fingerprint density at radius 3 is 2.29 bits per heavy atom. The lowest BCUT2D eigenvalue weighted by Gasteiger charge is -2.13. The summed E-state index contributed by atoms with van der Waals surface area (Å²) in [5, 5.41) is 0. The van der Waals surface area contributed by atoms with Crippen LogP contribution in [0.1, 0.15) is 16.7 Å². The third kappa shape index (κ3) is 4.79. The Morgan fingerprint density at radius 1 is 1.00 bits per heavy atom. The Balaban J connectivity index is 2.05. The first-order valence-electron chi connectivity index (χ1n) is 6.44. The summed E-state index contributed by atoms with van der Waals surface area (Å²) in [5.41, 5.74) is 7.93. The highest BCUT2D eigenvalue weighted by molar-refractivity contribution is 5.37. The first-order chi connectivity index (χ1) is 9.98. The molecule has 2 aromatic carbocycles. The van der Waals surface area contributed by atoms with Crippen LogP contribution in [0.4, 0.5) is 13.2 Å². The zero-order chi connectivity index (χ0) is 15.3. The molecule has 21 heavy (non-hydrogen) atoms. The average molecular weight is 294 g/mol. The van der Waals surface area contributed by atoms with E-state index in [1.807, 2.05) is 30.7 Å². The highest BCUT2D eigenvalue weighted by Gasteiger charge is 2.31. The second-order valence-electron chi connectivity index (χ2n) is 4.51. The molecule has 0 aliphatic heterocycles. The quantitative estimate of drug-likeness (QED) is 0.909. The molecular formula is C16H15F3NO. The largest absolute Gasteiger partial charge is 0.573 e. The van der Waals surface area contributed by atoms with Gasteiger partial charge in [-0.15, -0.1) is 13.2 Å². The van der Waals surface area contributed by atoms with Crippen LogP contribution in [0.3, 0.4) is 0 Å². The number of alkyl halides is 3. The molecule has 0 saturated heterocycles. The molecule has 2 N–H and O–H groups in total. The number of rotatable bonds is 5. The van der Waals surface area contributed by atoms with E-state index in [1.165, 1.54) is 12.1 Å². The normalized spacial score (nSPS) is 11.4. The van der Waals surface area contributed by atoms with E-state index >= 15 is 0 Å². The van der Waals surface area contributed by atoms with Gasteiger partial charge in [-0.3, -0.25) is 0 Å². The SMILES string of the molecule is NCc1ccc([CH]Cc2ccccc2OC(F)(F)F)cc1. The maximum Gasteiger partial charge on any atom is 0.573 e. The van der Waals surface area contributed by atoms with E-state index in [4.69, 9.17) is 5.73 Å². The highest BCUT2D eigenvalue weighted by atomic mass is 19.4. The number of halogens is 3. The Kier molecular flexibility index (Phi) is 4.85. The summed E-state index contributed by atoms with van der Waals surface area (Å²) in [6, 6.07) is 13.7. The van der Waals surface area contributed by atoms with Gasteiger partial charge in [0.05, 0.1) is 0 Å². The molecule has 0 saturated carbocycles. The van der Waals surface area contributed by atoms with Crippen molar-refractivity contribution < 1.29 is 17.9 Å². The molecule has 0 spiro atoms. The Hall–Kier alpha value is -2.01. The lowest BCUT2D eigenvalue weighted by Crippen LogP contribution is -2.18. The second-order valence-corrected chi connectivity index (χ2v) is 4.51. The molecule has 2 rings (SSSR count). The molecule has 0 unspecified atom stereocenters. The predicted octanol–water partition coefficient (Wildman–Crippen LogP) is 3.84. The van der Waals surface area contributed by atoms with Crippen molar-refractivity contribution in [3.05, 3.63) is 71.6 Å². The molecule has 0 atom stereocenters. The monoisotopic (exact) mass is 294 g/mol. The van der Waals surface area contributed by atoms with Crippen molar-refractivity contribution in [3.63, 3.8) is 0 Å². The van der Waals surface area contributed by atoms with Gasteiger partial charge < -0.3 is 10.5 Å². The van der Waals surface area contributed by atoms with Crippen LogP contribution in [0.25, 0.3) is 0 Å². The average Bonchev–Trinajstić information content (AvgIpc) is 2.45. The van der Waals surface area contributed by atoms with E-state index < -0.39 is 6.36 Å². The third-order valence-electron chi connectivity index (χ3n) is 2.97. The molecule has 0 aromatic heterocycles. The molecule has 1 radical (unpaired) electrons. The third-order valence-corrected chi connectivity index (χ3v) is 2.97. The van der Waals surface area contributed by atoms with Crippen LogP contribution in [0.5, 0.6) is 5.75 Å². The molecule has 2 nitrogen and oxygen atoms in total. The topological polar surface area (TPSA) is 35.2 Å². The Morgan fingerprint density at radius 2 is 1.67 bits per heavy atom. The molecule has 111 valence electrons. The number of ether oxygens (including phenoxy) is 1. The van der Waals surface area contributed by atoms with E-state index in [9.17, 15) is 13.2 Å². The first-order valence-corrected chi connectivity index (χ1v) is 6.44. The van der Waals surface area contributed by atoms with Gasteiger partial charge in [-0.1, -0.05) is 42.5 Å². The standard InChI is InChI=1S/C16H15F3NO/c17-16(18,19)21-15-4-2-1-3-14(15)10-9-12-5-7-13(11-20)8-6-12/h1-9H,10-11,20H2. The number of nitrogens with two attached hydrogens (primary N) is 1. The molecule has 5 heteroatoms. The second kappa shape index (κ2) is 6.63. The van der Waals surface area contributed by atoms with Crippen LogP contribution in [0.15, 0.2) is 48.5 Å². The lowest BCUT2D eigenvalue weighted by molar-refractivity contribution is -0.274. The van der Waals surface area contributed by atoms with E-state index in [1.54, 1.807) is 12.1 Å². The van der Waals surface area contributed by atoms with Crippen LogP contribution < -0.4 is 10.5 Å². The van der Waals surface area contributed by atoms with Crippen LogP contribution in [0.2, 0.25) is 0 Å². The Bertz CT molecular complexity index is 579. The summed E-state index contributed by atoms with van der Waals surface area (Å²) in [6.07, 6.45) is -2.48. The lowest BCUT2D eigenvalue weighted by atomic mass is 10.0. The summed E-state index contributed by atoms with van der Waals surface area (Å²) in [6.45, 7) is 0.461. The molecule has 2 aromatic rings. The van der Waals surface area contributed by atoms with Crippen molar-refractivity contribution in [1.82, 2.24) is 0 Å². The highest BCUT2D eigenvalue weighted by Crippen LogP contribution is 2.27. The van der Waals surface area contributed by atoms with Gasteiger partial charge in [-0.25, -0.2) is 0 Å². The van der Waals surface area contributed by atoms with Gasteiger partial charge >= 0.3 is 6.36 Å². The fourth-order valence-electron chi connectivity index (χ4n) is 1.91. The maximum atomic E-state index is 12.3. The molecule has 0 aliphatic carbocycles. The molecule has 0 amide bonds. The fourth-order valence-corrected chi connectivity index (χ4v) is 1.91. The fraction of sp³-hybridized carbons (Fsp3) is 0.188. The summed E-state index contributed by atoms with van der Waals surface area (Å²) < 4.78 is 41.0. The van der Waals surface area contributed by atoms with Gasteiger partial charge in [-0.2, -0.15) is 0 Å². The molecule has 0 aliphatic rings. The van der Waals surface area contributed by atoms with Crippen molar-refractivity contribution in [1.29, 1.82) is 0 Å². The maximum absolute atomic E-state index is 12.3. The summed E-state index contributed by atoms with van der Waals surface area (Å²) >= 11 is 0. The number of hydrogen-bond donors (Lipinski definition) is 1. The van der Waals surface area contributed by atoms with Crippen LogP contribution in [-0.4, -0.2) is 6.36 Å². The number of benzene rings is 2. The van der Waals surface area contributed by atoms with E-state index in [2.05, 4.69) is 4.74 Å². The summed E-state index contributed by atoms with van der Waals surface area (Å²) in [7, 11) is 0. The van der Waals surface area contributed by atoms with Crippen molar-refractivity contribution in [2.24, 2.45) is 5.73 Å². The summed E-state index contributed by atoms with van der Waals surface area (Å²) in [5.74, 6) is -0.167. The smallest absolute Gasteiger partial charge is 0.406 e. The number of para-hydroxylation sites is 1. The van der Waals surface area contributed by atoms with Crippen molar-refractivity contribution in [3.8, 4) is 5.75 Å². The van der Waals surface area contributed by atoms with Gasteiger partial charge in [0.15, 0.2) is 0 Å². The van der Waals surface area contributed by atoms with Gasteiger partial charge in [0.25, 0.3) is 0 Å². The van der Waals surface area contributed by atoms with E-state index in [-0.39, 0.29) is 5.75 Å². The van der Waals surface area contributed by atoms with Crippen molar-refractivity contribution >= 4 is 0 Å². The molecule has 0 fully saturated rings. The molecular weight excluding hydrogens is 279 g/mol.